The molecule has 6 heteroatoms. The minimum atomic E-state index is -3.83. The number of rotatable bonds is 3. The third kappa shape index (κ3) is 2.42. The van der Waals surface area contributed by atoms with E-state index in [9.17, 15) is 12.8 Å². The minimum Gasteiger partial charge on any atom is -0.399 e. The van der Waals surface area contributed by atoms with Gasteiger partial charge in [-0.1, -0.05) is 13.8 Å². The van der Waals surface area contributed by atoms with Crippen LogP contribution in [0.15, 0.2) is 23.1 Å². The van der Waals surface area contributed by atoms with E-state index >= 15 is 0 Å². The number of hydrogen-bond donors (Lipinski definition) is 2. The summed E-state index contributed by atoms with van der Waals surface area (Å²) in [7, 11) is -3.83. The highest BCUT2D eigenvalue weighted by atomic mass is 32.2. The van der Waals surface area contributed by atoms with Crippen LogP contribution in [0, 0.1) is 11.2 Å². The fourth-order valence-corrected chi connectivity index (χ4v) is 3.16. The summed E-state index contributed by atoms with van der Waals surface area (Å²) in [6.07, 6.45) is 0.760. The van der Waals surface area contributed by atoms with Gasteiger partial charge in [-0.2, -0.15) is 0 Å². The second kappa shape index (κ2) is 3.68. The van der Waals surface area contributed by atoms with E-state index in [1.807, 2.05) is 13.8 Å². The van der Waals surface area contributed by atoms with Crippen LogP contribution < -0.4 is 10.5 Å². The highest BCUT2D eigenvalue weighted by Crippen LogP contribution is 2.45. The van der Waals surface area contributed by atoms with Gasteiger partial charge in [-0.3, -0.25) is 0 Å². The third-order valence-electron chi connectivity index (χ3n) is 3.06. The molecule has 1 aromatic carbocycles. The molecule has 0 heterocycles. The molecular formula is C11H15FN2O2S. The SMILES string of the molecule is CC1(C)CC1NS(=O)(=O)c1cc(N)ccc1F. The molecule has 0 aromatic heterocycles. The molecule has 1 aliphatic rings. The average Bonchev–Trinajstić information content (AvgIpc) is 2.76. The molecule has 3 N–H and O–H groups in total. The molecular weight excluding hydrogens is 243 g/mol. The molecule has 1 saturated carbocycles. The Morgan fingerprint density at radius 1 is 1.47 bits per heavy atom. The molecule has 1 fully saturated rings. The van der Waals surface area contributed by atoms with Crippen molar-refractivity contribution in [3.63, 3.8) is 0 Å². The molecule has 17 heavy (non-hydrogen) atoms. The predicted molar refractivity (Wildman–Crippen MR) is 63.3 cm³/mol. The van der Waals surface area contributed by atoms with Crippen LogP contribution in [0.3, 0.4) is 0 Å². The number of nitrogens with two attached hydrogens (primary N) is 1. The lowest BCUT2D eigenvalue weighted by Crippen LogP contribution is -2.29. The molecule has 94 valence electrons. The highest BCUT2D eigenvalue weighted by molar-refractivity contribution is 7.89. The van der Waals surface area contributed by atoms with Gasteiger partial charge in [0.1, 0.15) is 10.7 Å². The van der Waals surface area contributed by atoms with E-state index in [1.54, 1.807) is 0 Å². The molecule has 0 spiro atoms. The van der Waals surface area contributed by atoms with Gasteiger partial charge in [-0.25, -0.2) is 17.5 Å². The molecule has 0 aliphatic heterocycles. The Balaban J connectivity index is 2.29. The summed E-state index contributed by atoms with van der Waals surface area (Å²) in [6.45, 7) is 3.91. The summed E-state index contributed by atoms with van der Waals surface area (Å²) >= 11 is 0. The van der Waals surface area contributed by atoms with Gasteiger partial charge in [0.05, 0.1) is 0 Å². The molecule has 0 saturated heterocycles. The van der Waals surface area contributed by atoms with E-state index in [0.717, 1.165) is 18.6 Å². The quantitative estimate of drug-likeness (QED) is 0.807. The zero-order valence-electron chi connectivity index (χ0n) is 9.70. The van der Waals surface area contributed by atoms with E-state index < -0.39 is 15.8 Å². The number of nitrogens with one attached hydrogen (secondary N) is 1. The Labute approximate surface area is 100 Å². The van der Waals surface area contributed by atoms with Crippen LogP contribution in [0.2, 0.25) is 0 Å². The number of sulfonamides is 1. The zero-order valence-corrected chi connectivity index (χ0v) is 10.5. The van der Waals surface area contributed by atoms with E-state index in [4.69, 9.17) is 5.73 Å². The lowest BCUT2D eigenvalue weighted by molar-refractivity contribution is 0.541. The predicted octanol–water partition coefficient (Wildman–Crippen LogP) is 1.48. The van der Waals surface area contributed by atoms with Crippen molar-refractivity contribution >= 4 is 15.7 Å². The Hall–Kier alpha value is -1.14. The fourth-order valence-electron chi connectivity index (χ4n) is 1.65. The molecule has 0 amide bonds. The van der Waals surface area contributed by atoms with Crippen molar-refractivity contribution in [2.45, 2.75) is 31.2 Å². The van der Waals surface area contributed by atoms with Gasteiger partial charge < -0.3 is 5.73 Å². The van der Waals surface area contributed by atoms with Crippen molar-refractivity contribution in [3.05, 3.63) is 24.0 Å². The van der Waals surface area contributed by atoms with E-state index in [0.29, 0.717) is 0 Å². The van der Waals surface area contributed by atoms with E-state index in [1.165, 1.54) is 6.07 Å². The highest BCUT2D eigenvalue weighted by Gasteiger charge is 2.48. The molecule has 4 nitrogen and oxygen atoms in total. The Morgan fingerprint density at radius 2 is 2.06 bits per heavy atom. The van der Waals surface area contributed by atoms with Crippen molar-refractivity contribution in [2.75, 3.05) is 5.73 Å². The standard InChI is InChI=1S/C11H15FN2O2S/c1-11(2)6-10(11)14-17(15,16)9-5-7(13)3-4-8(9)12/h3-5,10,14H,6,13H2,1-2H3. The summed E-state index contributed by atoms with van der Waals surface area (Å²) < 4.78 is 39.8. The van der Waals surface area contributed by atoms with Crippen LogP contribution in [0.5, 0.6) is 0 Å². The Kier molecular flexibility index (Phi) is 2.67. The topological polar surface area (TPSA) is 72.2 Å². The van der Waals surface area contributed by atoms with Crippen LogP contribution in [-0.4, -0.2) is 14.5 Å². The molecule has 1 aromatic rings. The lowest BCUT2D eigenvalue weighted by atomic mass is 10.2. The maximum absolute atomic E-state index is 13.5. The van der Waals surface area contributed by atoms with Crippen LogP contribution in [-0.2, 0) is 10.0 Å². The smallest absolute Gasteiger partial charge is 0.243 e. The number of halogens is 1. The van der Waals surface area contributed by atoms with Gasteiger partial charge in [-0.15, -0.1) is 0 Å². The van der Waals surface area contributed by atoms with Gasteiger partial charge in [0.15, 0.2) is 0 Å². The summed E-state index contributed by atoms with van der Waals surface area (Å²) in [5.74, 6) is -0.787. The lowest BCUT2D eigenvalue weighted by Gasteiger charge is -2.09. The summed E-state index contributed by atoms with van der Waals surface area (Å²) in [5, 5.41) is 0. The largest absolute Gasteiger partial charge is 0.399 e. The van der Waals surface area contributed by atoms with Gasteiger partial charge in [0.25, 0.3) is 0 Å². The van der Waals surface area contributed by atoms with E-state index in [2.05, 4.69) is 4.72 Å². The Bertz CT molecular complexity index is 555. The number of hydrogen-bond acceptors (Lipinski definition) is 3. The van der Waals surface area contributed by atoms with Gasteiger partial charge in [0.2, 0.25) is 10.0 Å². The Morgan fingerprint density at radius 3 is 2.59 bits per heavy atom. The molecule has 2 rings (SSSR count). The number of anilines is 1. The molecule has 1 aliphatic carbocycles. The van der Waals surface area contributed by atoms with Crippen molar-refractivity contribution in [3.8, 4) is 0 Å². The number of benzene rings is 1. The average molecular weight is 258 g/mol. The van der Waals surface area contributed by atoms with Crippen LogP contribution in [0.4, 0.5) is 10.1 Å². The number of nitrogen functional groups attached to an aromatic ring is 1. The second-order valence-corrected chi connectivity index (χ2v) is 6.74. The maximum atomic E-state index is 13.5. The first-order valence-electron chi connectivity index (χ1n) is 5.30. The van der Waals surface area contributed by atoms with E-state index in [-0.39, 0.29) is 22.0 Å². The van der Waals surface area contributed by atoms with Crippen LogP contribution in [0.1, 0.15) is 20.3 Å². The summed E-state index contributed by atoms with van der Waals surface area (Å²) in [4.78, 5) is -0.389. The van der Waals surface area contributed by atoms with Crippen molar-refractivity contribution < 1.29 is 12.8 Å². The first kappa shape index (κ1) is 12.3. The van der Waals surface area contributed by atoms with Crippen LogP contribution in [0.25, 0.3) is 0 Å². The van der Waals surface area contributed by atoms with Crippen molar-refractivity contribution in [1.29, 1.82) is 0 Å². The van der Waals surface area contributed by atoms with Gasteiger partial charge in [0, 0.05) is 11.7 Å². The second-order valence-electron chi connectivity index (χ2n) is 5.06. The minimum absolute atomic E-state index is 0.0517. The fraction of sp³-hybridized carbons (Fsp3) is 0.455. The first-order valence-corrected chi connectivity index (χ1v) is 6.78. The zero-order chi connectivity index (χ0) is 12.8. The van der Waals surface area contributed by atoms with Gasteiger partial charge in [-0.05, 0) is 30.0 Å². The van der Waals surface area contributed by atoms with Crippen LogP contribution >= 0.6 is 0 Å². The molecule has 0 radical (unpaired) electrons. The van der Waals surface area contributed by atoms with Crippen molar-refractivity contribution in [2.24, 2.45) is 5.41 Å². The van der Waals surface area contributed by atoms with Crippen molar-refractivity contribution in [1.82, 2.24) is 4.72 Å². The van der Waals surface area contributed by atoms with Gasteiger partial charge >= 0.3 is 0 Å². The molecule has 0 bridgehead atoms. The molecule has 1 atom stereocenters. The normalized spacial score (nSPS) is 22.4. The monoisotopic (exact) mass is 258 g/mol. The summed E-state index contributed by atoms with van der Waals surface area (Å²) in [6, 6.07) is 3.39. The molecule has 1 unspecified atom stereocenters. The third-order valence-corrected chi connectivity index (χ3v) is 4.54. The maximum Gasteiger partial charge on any atom is 0.243 e. The first-order chi connectivity index (χ1) is 7.72. The summed E-state index contributed by atoms with van der Waals surface area (Å²) in [5.41, 5.74) is 5.64.